The first-order chi connectivity index (χ1) is 6.12. The van der Waals surface area contributed by atoms with E-state index in [4.69, 9.17) is 10.00 Å². The summed E-state index contributed by atoms with van der Waals surface area (Å²) in [6.07, 6.45) is 4.09. The molecule has 4 heteroatoms. The van der Waals surface area contributed by atoms with E-state index in [1.807, 2.05) is 0 Å². The van der Waals surface area contributed by atoms with Crippen molar-refractivity contribution in [3.8, 4) is 5.40 Å². The number of ether oxygens (including phenoxy) is 1. The van der Waals surface area contributed by atoms with Gasteiger partial charge in [-0.25, -0.2) is 0 Å². The van der Waals surface area contributed by atoms with Gasteiger partial charge >= 0.3 is 85.3 Å². The molecule has 0 saturated carbocycles. The predicted molar refractivity (Wildman–Crippen MR) is 63.6 cm³/mol. The molecule has 0 aromatic rings. The third-order valence-corrected chi connectivity index (χ3v) is 13.9. The molecule has 0 fully saturated rings. The molecule has 78 valence electrons. The third kappa shape index (κ3) is 2.59. The van der Waals surface area contributed by atoms with Crippen molar-refractivity contribution >= 4 is 17.2 Å². The maximum atomic E-state index is 8.88. The van der Waals surface area contributed by atoms with Gasteiger partial charge in [0.15, 0.2) is 0 Å². The van der Waals surface area contributed by atoms with Gasteiger partial charge in [0.25, 0.3) is 0 Å². The number of nitrogens with zero attached hydrogens (tertiary/aromatic N) is 1. The molecule has 0 saturated heterocycles. The first-order valence-electron chi connectivity index (χ1n) is 4.69. The van der Waals surface area contributed by atoms with E-state index in [-0.39, 0.29) is 0 Å². The molecule has 0 spiro atoms. The maximum absolute atomic E-state index is 8.88. The number of hydrogen-bond acceptors (Lipinski definition) is 3. The Kier molecular flexibility index (Phi) is 5.29. The van der Waals surface area contributed by atoms with Gasteiger partial charge in [-0.05, 0) is 0 Å². The van der Waals surface area contributed by atoms with Crippen LogP contribution in [-0.2, 0) is 4.74 Å². The Morgan fingerprint density at radius 2 is 1.69 bits per heavy atom. The average Bonchev–Trinajstić information content (AvgIpc) is 2.18. The number of hydrogen-bond donors (Lipinski definition) is 0. The van der Waals surface area contributed by atoms with E-state index in [9.17, 15) is 0 Å². The van der Waals surface area contributed by atoms with Gasteiger partial charge in [-0.1, -0.05) is 0 Å². The Labute approximate surface area is 85.7 Å². The fraction of sp³-hybridized carbons (Fsp3) is 0.889. The zero-order chi connectivity index (χ0) is 10.4. The molecule has 0 N–H and O–H groups in total. The summed E-state index contributed by atoms with van der Waals surface area (Å²) in [5.74, 6) is -1.90. The van der Waals surface area contributed by atoms with Crippen LogP contribution in [0.25, 0.3) is 0 Å². The molecule has 0 atom stereocenters. The van der Waals surface area contributed by atoms with Gasteiger partial charge < -0.3 is 0 Å². The van der Waals surface area contributed by atoms with E-state index in [2.05, 4.69) is 26.2 Å². The van der Waals surface area contributed by atoms with Crippen LogP contribution in [0.4, 0.5) is 0 Å². The van der Waals surface area contributed by atoms with Gasteiger partial charge in [-0.15, -0.1) is 0 Å². The van der Waals surface area contributed by atoms with E-state index in [1.165, 1.54) is 11.4 Å². The minimum absolute atomic E-state index is 0.785. The van der Waals surface area contributed by atoms with Crippen molar-refractivity contribution in [2.45, 2.75) is 20.8 Å². The summed E-state index contributed by atoms with van der Waals surface area (Å²) in [7, 11) is 1.74. The molecular weight excluding hydrogens is 201 g/mol. The van der Waals surface area contributed by atoms with Crippen molar-refractivity contribution in [1.82, 2.24) is 0 Å². The van der Waals surface area contributed by atoms with Crippen LogP contribution in [0.3, 0.4) is 0 Å². The Balaban J connectivity index is 4.90. The topological polar surface area (TPSA) is 33.0 Å². The second-order valence-corrected chi connectivity index (χ2v) is 13.3. The molecule has 0 amide bonds. The van der Waals surface area contributed by atoms with Crippen LogP contribution in [0.5, 0.6) is 0 Å². The molecule has 0 aliphatic heterocycles. The molecule has 0 unspecified atom stereocenters. The predicted octanol–water partition coefficient (Wildman–Crippen LogP) is 3.33. The van der Waals surface area contributed by atoms with Crippen molar-refractivity contribution in [3.05, 3.63) is 0 Å². The normalized spacial score (nSPS) is 14.5. The second kappa shape index (κ2) is 5.20. The van der Waals surface area contributed by atoms with E-state index < -0.39 is 5.81 Å². The summed E-state index contributed by atoms with van der Waals surface area (Å²) in [6, 6.07) is 0. The molecule has 0 aromatic carbocycles. The second-order valence-electron chi connectivity index (χ2n) is 3.41. The fourth-order valence-corrected chi connectivity index (χ4v) is 7.15. The molecule has 0 aliphatic rings. The zero-order valence-corrected chi connectivity index (χ0v) is 10.8. The van der Waals surface area contributed by atoms with Crippen LogP contribution >= 0.6 is 17.2 Å². The summed E-state index contributed by atoms with van der Waals surface area (Å²) in [6.45, 7) is 6.57. The molecule has 0 aromatic heterocycles. The number of rotatable bonds is 6. The van der Waals surface area contributed by atoms with Crippen molar-refractivity contribution in [2.24, 2.45) is 0 Å². The van der Waals surface area contributed by atoms with Gasteiger partial charge in [0, 0.05) is 0 Å². The molecular formula is C9H20NOPS. The summed E-state index contributed by atoms with van der Waals surface area (Å²) in [4.78, 5) is 0. The van der Waals surface area contributed by atoms with Gasteiger partial charge in [0.2, 0.25) is 0 Å². The summed E-state index contributed by atoms with van der Waals surface area (Å²) in [5.41, 5.74) is 0. The molecule has 2 nitrogen and oxygen atoms in total. The van der Waals surface area contributed by atoms with Gasteiger partial charge in [0.05, 0.1) is 0 Å². The number of thiocyanates is 1. The number of methoxy groups -OCH3 is 1. The third-order valence-electron chi connectivity index (χ3n) is 3.15. The summed E-state index contributed by atoms with van der Waals surface area (Å²) in [5, 5.41) is 11.2. The minimum atomic E-state index is -1.90. The van der Waals surface area contributed by atoms with Crippen molar-refractivity contribution in [3.63, 3.8) is 0 Å². The molecule has 0 heterocycles. The standard InChI is InChI=1S/C9H20NOPS/c1-5-12(6-2,7-3,9-11-4)13-8-10/h5-7,9H2,1-4H3. The van der Waals surface area contributed by atoms with Gasteiger partial charge in [-0.2, -0.15) is 0 Å². The summed E-state index contributed by atoms with van der Waals surface area (Å²) < 4.78 is 5.32. The SMILES string of the molecule is CCP(CC)(CC)(COC)SC#N. The molecule has 0 rings (SSSR count). The van der Waals surface area contributed by atoms with Crippen LogP contribution < -0.4 is 0 Å². The van der Waals surface area contributed by atoms with Crippen molar-refractivity contribution in [2.75, 3.05) is 31.9 Å². The first kappa shape index (κ1) is 13.2. The van der Waals surface area contributed by atoms with Crippen LogP contribution in [0.1, 0.15) is 20.8 Å². The Morgan fingerprint density at radius 1 is 1.23 bits per heavy atom. The van der Waals surface area contributed by atoms with E-state index in [1.54, 1.807) is 7.11 Å². The van der Waals surface area contributed by atoms with E-state index >= 15 is 0 Å². The molecule has 0 bridgehead atoms. The molecule has 0 aliphatic carbocycles. The quantitative estimate of drug-likeness (QED) is 0.509. The average molecular weight is 221 g/mol. The van der Waals surface area contributed by atoms with Crippen LogP contribution in [0.2, 0.25) is 0 Å². The van der Waals surface area contributed by atoms with Crippen LogP contribution in [0.15, 0.2) is 0 Å². The van der Waals surface area contributed by atoms with Crippen molar-refractivity contribution in [1.29, 1.82) is 5.26 Å². The first-order valence-corrected chi connectivity index (χ1v) is 9.09. The molecule has 13 heavy (non-hydrogen) atoms. The fourth-order valence-electron chi connectivity index (χ4n) is 1.61. The Hall–Kier alpha value is 0.230. The van der Waals surface area contributed by atoms with E-state index in [0.717, 1.165) is 24.8 Å². The Bertz CT molecular complexity index is 187. The van der Waals surface area contributed by atoms with Crippen molar-refractivity contribution < 1.29 is 4.74 Å². The van der Waals surface area contributed by atoms with Crippen LogP contribution in [-0.4, -0.2) is 31.9 Å². The zero-order valence-electron chi connectivity index (χ0n) is 9.04. The van der Waals surface area contributed by atoms with Crippen LogP contribution in [0, 0.1) is 10.7 Å². The Morgan fingerprint density at radius 3 is 1.92 bits per heavy atom. The number of nitriles is 1. The molecule has 0 radical (unpaired) electrons. The van der Waals surface area contributed by atoms with E-state index in [0.29, 0.717) is 0 Å². The van der Waals surface area contributed by atoms with Gasteiger partial charge in [-0.3, -0.25) is 0 Å². The van der Waals surface area contributed by atoms with Gasteiger partial charge in [0.1, 0.15) is 0 Å². The summed E-state index contributed by atoms with van der Waals surface area (Å²) >= 11 is 1.51. The monoisotopic (exact) mass is 221 g/mol.